The van der Waals surface area contributed by atoms with E-state index in [4.69, 9.17) is 5.11 Å². The van der Waals surface area contributed by atoms with Crippen molar-refractivity contribution in [2.75, 3.05) is 6.54 Å². The number of aromatic hydroxyl groups is 1. The van der Waals surface area contributed by atoms with Crippen molar-refractivity contribution in [3.63, 3.8) is 0 Å². The van der Waals surface area contributed by atoms with Gasteiger partial charge >= 0.3 is 5.97 Å². The number of amides is 1. The zero-order valence-corrected chi connectivity index (χ0v) is 14.1. The van der Waals surface area contributed by atoms with Gasteiger partial charge in [-0.1, -0.05) is 48.6 Å². The molecule has 0 aliphatic carbocycles. The molecule has 3 rings (SSSR count). The Labute approximate surface area is 151 Å². The van der Waals surface area contributed by atoms with Crippen LogP contribution in [-0.4, -0.2) is 33.5 Å². The highest BCUT2D eigenvalue weighted by molar-refractivity contribution is 5.91. The second-order valence-corrected chi connectivity index (χ2v) is 6.08. The van der Waals surface area contributed by atoms with Crippen LogP contribution in [0, 0.1) is 0 Å². The summed E-state index contributed by atoms with van der Waals surface area (Å²) in [5.74, 6) is -1.51. The number of hydrogen-bond donors (Lipinski definition) is 2. The molecule has 0 atom stereocenters. The van der Waals surface area contributed by atoms with E-state index in [1.54, 1.807) is 29.2 Å². The smallest absolute Gasteiger partial charge is 0.339 e. The first-order chi connectivity index (χ1) is 12.5. The lowest BCUT2D eigenvalue weighted by Gasteiger charge is -2.27. The lowest BCUT2D eigenvalue weighted by Crippen LogP contribution is -2.34. The van der Waals surface area contributed by atoms with Crippen LogP contribution in [0.5, 0.6) is 5.75 Å². The van der Waals surface area contributed by atoms with Crippen molar-refractivity contribution in [3.8, 4) is 5.75 Å². The molecule has 0 aromatic heterocycles. The summed E-state index contributed by atoms with van der Waals surface area (Å²) in [6, 6.07) is 12.5. The molecule has 5 heteroatoms. The topological polar surface area (TPSA) is 77.8 Å². The summed E-state index contributed by atoms with van der Waals surface area (Å²) in [6.45, 7) is 1.31. The second-order valence-electron chi connectivity index (χ2n) is 6.08. The molecule has 26 heavy (non-hydrogen) atoms. The van der Waals surface area contributed by atoms with Crippen LogP contribution in [0.1, 0.15) is 27.0 Å². The third-order valence-electron chi connectivity index (χ3n) is 4.33. The van der Waals surface area contributed by atoms with Crippen molar-refractivity contribution in [1.29, 1.82) is 0 Å². The van der Waals surface area contributed by atoms with Crippen molar-refractivity contribution in [2.24, 2.45) is 0 Å². The van der Waals surface area contributed by atoms with E-state index >= 15 is 0 Å². The van der Waals surface area contributed by atoms with Gasteiger partial charge in [-0.25, -0.2) is 4.79 Å². The highest BCUT2D eigenvalue weighted by atomic mass is 16.4. The summed E-state index contributed by atoms with van der Waals surface area (Å²) in [4.78, 5) is 25.1. The first-order valence-corrected chi connectivity index (χ1v) is 8.31. The number of carbonyl (C=O) groups excluding carboxylic acids is 1. The van der Waals surface area contributed by atoms with E-state index in [0.717, 1.165) is 6.42 Å². The molecule has 132 valence electrons. The number of nitrogens with zero attached hydrogens (tertiary/aromatic N) is 1. The van der Waals surface area contributed by atoms with Crippen LogP contribution in [-0.2, 0) is 17.8 Å². The molecule has 1 aliphatic heterocycles. The van der Waals surface area contributed by atoms with Gasteiger partial charge in [-0.05, 0) is 35.2 Å². The number of fused-ring (bicyclic) bond motifs is 1. The molecule has 5 nitrogen and oxygen atoms in total. The number of carboxylic acids is 1. The fourth-order valence-electron chi connectivity index (χ4n) is 2.92. The summed E-state index contributed by atoms with van der Waals surface area (Å²) in [5, 5.41) is 18.5. The van der Waals surface area contributed by atoms with Crippen LogP contribution in [0.4, 0.5) is 0 Å². The molecule has 0 spiro atoms. The van der Waals surface area contributed by atoms with E-state index in [9.17, 15) is 14.7 Å². The number of rotatable bonds is 4. The Kier molecular flexibility index (Phi) is 5.17. The van der Waals surface area contributed by atoms with E-state index < -0.39 is 5.97 Å². The third kappa shape index (κ3) is 4.00. The van der Waals surface area contributed by atoms with Crippen molar-refractivity contribution in [1.82, 2.24) is 4.90 Å². The van der Waals surface area contributed by atoms with E-state index in [1.807, 2.05) is 18.2 Å². The Hall–Kier alpha value is -3.34. The molecule has 1 amide bonds. The fraction of sp³-hybridized carbons (Fsp3) is 0.143. The third-order valence-corrected chi connectivity index (χ3v) is 4.33. The number of allylic oxidation sites excluding steroid dienone is 2. The Morgan fingerprint density at radius 1 is 1.04 bits per heavy atom. The number of benzene rings is 2. The molecule has 0 fully saturated rings. The molecule has 1 heterocycles. The van der Waals surface area contributed by atoms with Gasteiger partial charge < -0.3 is 15.1 Å². The quantitative estimate of drug-likeness (QED) is 0.656. The van der Waals surface area contributed by atoms with Crippen LogP contribution in [0.25, 0.3) is 6.08 Å². The molecule has 0 bridgehead atoms. The zero-order chi connectivity index (χ0) is 18.5. The Morgan fingerprint density at radius 3 is 2.58 bits per heavy atom. The lowest BCUT2D eigenvalue weighted by atomic mass is 10.00. The zero-order valence-electron chi connectivity index (χ0n) is 14.1. The van der Waals surface area contributed by atoms with Gasteiger partial charge in [-0.3, -0.25) is 4.79 Å². The van der Waals surface area contributed by atoms with Crippen molar-refractivity contribution in [2.45, 2.75) is 13.0 Å². The summed E-state index contributed by atoms with van der Waals surface area (Å²) < 4.78 is 0. The molecule has 0 radical (unpaired) electrons. The number of aromatic carboxylic acids is 1. The SMILES string of the molecule is O=C(O)c1cc(/C=C/C=C/C(=O)N2CCc3ccccc3C2)ccc1O. The van der Waals surface area contributed by atoms with Gasteiger partial charge in [0.05, 0.1) is 0 Å². The van der Waals surface area contributed by atoms with Crippen LogP contribution < -0.4 is 0 Å². The maximum atomic E-state index is 12.3. The van der Waals surface area contributed by atoms with Crippen molar-refractivity contribution >= 4 is 18.0 Å². The predicted molar refractivity (Wildman–Crippen MR) is 98.8 cm³/mol. The van der Waals surface area contributed by atoms with Crippen LogP contribution in [0.3, 0.4) is 0 Å². The van der Waals surface area contributed by atoms with E-state index in [0.29, 0.717) is 18.7 Å². The highest BCUT2D eigenvalue weighted by Gasteiger charge is 2.18. The molecular weight excluding hydrogens is 330 g/mol. The Bertz CT molecular complexity index is 899. The van der Waals surface area contributed by atoms with Gasteiger partial charge in [0.2, 0.25) is 5.91 Å². The van der Waals surface area contributed by atoms with Crippen molar-refractivity contribution in [3.05, 3.63) is 82.9 Å². The van der Waals surface area contributed by atoms with Crippen LogP contribution in [0.15, 0.2) is 60.7 Å². The van der Waals surface area contributed by atoms with Crippen LogP contribution >= 0.6 is 0 Å². The van der Waals surface area contributed by atoms with E-state index in [-0.39, 0.29) is 17.2 Å². The molecule has 0 unspecified atom stereocenters. The van der Waals surface area contributed by atoms with Crippen LogP contribution in [0.2, 0.25) is 0 Å². The molecular formula is C21H19NO4. The van der Waals surface area contributed by atoms with Gasteiger partial charge in [-0.15, -0.1) is 0 Å². The summed E-state index contributed by atoms with van der Waals surface area (Å²) in [6.07, 6.45) is 7.35. The summed E-state index contributed by atoms with van der Waals surface area (Å²) in [7, 11) is 0. The number of phenols is 1. The van der Waals surface area contributed by atoms with Gasteiger partial charge in [0.15, 0.2) is 0 Å². The van der Waals surface area contributed by atoms with Gasteiger partial charge in [0.25, 0.3) is 0 Å². The fourth-order valence-corrected chi connectivity index (χ4v) is 2.92. The second kappa shape index (κ2) is 7.70. The minimum Gasteiger partial charge on any atom is -0.507 e. The molecule has 0 saturated carbocycles. The first-order valence-electron chi connectivity index (χ1n) is 8.31. The molecule has 2 aromatic rings. The standard InChI is InChI=1S/C21H19NO4/c23-19-10-9-15(13-18(19)21(25)26)5-1-4-8-20(24)22-12-11-16-6-2-3-7-17(16)14-22/h1-10,13,23H,11-12,14H2,(H,25,26)/b5-1+,8-4+. The highest BCUT2D eigenvalue weighted by Crippen LogP contribution is 2.20. The number of hydrogen-bond acceptors (Lipinski definition) is 3. The average molecular weight is 349 g/mol. The normalized spacial score (nSPS) is 13.9. The lowest BCUT2D eigenvalue weighted by molar-refractivity contribution is -0.126. The molecule has 1 aliphatic rings. The van der Waals surface area contributed by atoms with Crippen molar-refractivity contribution < 1.29 is 19.8 Å². The van der Waals surface area contributed by atoms with E-state index in [1.165, 1.54) is 29.3 Å². The maximum Gasteiger partial charge on any atom is 0.339 e. The Balaban J connectivity index is 1.62. The molecule has 2 N–H and O–H groups in total. The minimum absolute atomic E-state index is 0.0546. The first kappa shape index (κ1) is 17.5. The minimum atomic E-state index is -1.19. The Morgan fingerprint density at radius 2 is 1.81 bits per heavy atom. The predicted octanol–water partition coefficient (Wildman–Crippen LogP) is 3.24. The maximum absolute atomic E-state index is 12.3. The van der Waals surface area contributed by atoms with E-state index in [2.05, 4.69) is 6.07 Å². The van der Waals surface area contributed by atoms with Gasteiger partial charge in [0.1, 0.15) is 11.3 Å². The summed E-state index contributed by atoms with van der Waals surface area (Å²) in [5.41, 5.74) is 2.95. The summed E-state index contributed by atoms with van der Waals surface area (Å²) >= 11 is 0. The number of carboxylic acid groups (broad SMARTS) is 1. The monoisotopic (exact) mass is 349 g/mol. The molecule has 0 saturated heterocycles. The van der Waals surface area contributed by atoms with Gasteiger partial charge in [-0.2, -0.15) is 0 Å². The van der Waals surface area contributed by atoms with Gasteiger partial charge in [0, 0.05) is 19.2 Å². The average Bonchev–Trinajstić information content (AvgIpc) is 2.65. The molecule has 2 aromatic carbocycles. The largest absolute Gasteiger partial charge is 0.507 e. The number of carbonyl (C=O) groups is 2.